The van der Waals surface area contributed by atoms with Crippen LogP contribution in [-0.4, -0.2) is 17.1 Å². The Balaban J connectivity index is 4.11. The summed E-state index contributed by atoms with van der Waals surface area (Å²) in [5, 5.41) is 19.0. The van der Waals surface area contributed by atoms with Crippen LogP contribution in [0.2, 0.25) is 0 Å². The molecular weight excluding hydrogens is 118 g/mol. The van der Waals surface area contributed by atoms with Gasteiger partial charge in [0.25, 0.3) is 0 Å². The van der Waals surface area contributed by atoms with Gasteiger partial charge in [0.05, 0.1) is 0 Å². The molecule has 0 spiro atoms. The van der Waals surface area contributed by atoms with E-state index in [1.807, 2.05) is 0 Å². The molecule has 0 heterocycles. The van der Waals surface area contributed by atoms with Gasteiger partial charge in [-0.05, 0) is 6.92 Å². The van der Waals surface area contributed by atoms with Crippen molar-refractivity contribution in [2.24, 2.45) is 0 Å². The average Bonchev–Trinajstić information content (AvgIpc) is 1.62. The second kappa shape index (κ2) is 2.77. The van der Waals surface area contributed by atoms with Crippen LogP contribution < -0.4 is 0 Å². The van der Waals surface area contributed by atoms with Gasteiger partial charge in [-0.1, -0.05) is 12.7 Å². The standard InChI is InChI=1S/C6H11NO2/c1-4-6(2)5-7(3,8)9/h4-5,8H,1H2,2-3H3/b6-5+. The lowest BCUT2D eigenvalue weighted by molar-refractivity contribution is -1.01. The van der Waals surface area contributed by atoms with Crippen molar-refractivity contribution in [3.05, 3.63) is 29.6 Å². The van der Waals surface area contributed by atoms with Crippen LogP contribution in [0.15, 0.2) is 24.4 Å². The van der Waals surface area contributed by atoms with Gasteiger partial charge >= 0.3 is 0 Å². The Labute approximate surface area is 54.7 Å². The van der Waals surface area contributed by atoms with Crippen molar-refractivity contribution in [3.8, 4) is 0 Å². The molecule has 0 saturated heterocycles. The van der Waals surface area contributed by atoms with Crippen molar-refractivity contribution >= 4 is 0 Å². The fraction of sp³-hybridized carbons (Fsp3) is 0.333. The Bertz CT molecular complexity index is 132. The molecule has 0 aliphatic carbocycles. The maximum Gasteiger partial charge on any atom is 0.131 e. The van der Waals surface area contributed by atoms with E-state index in [1.165, 1.54) is 6.08 Å². The summed E-state index contributed by atoms with van der Waals surface area (Å²) in [5.74, 6) is 0. The van der Waals surface area contributed by atoms with Gasteiger partial charge in [0, 0.05) is 5.57 Å². The number of nitrogens with zero attached hydrogens (tertiary/aromatic N) is 1. The van der Waals surface area contributed by atoms with E-state index < -0.39 is 4.81 Å². The molecule has 0 aliphatic rings. The third-order valence-electron chi connectivity index (χ3n) is 0.765. The van der Waals surface area contributed by atoms with Crippen LogP contribution in [-0.2, 0) is 0 Å². The minimum Gasteiger partial charge on any atom is -0.594 e. The van der Waals surface area contributed by atoms with Crippen molar-refractivity contribution in [2.75, 3.05) is 7.05 Å². The third kappa shape index (κ3) is 5.23. The highest BCUT2D eigenvalue weighted by molar-refractivity contribution is 5.09. The lowest BCUT2D eigenvalue weighted by atomic mass is 10.3. The fourth-order valence-corrected chi connectivity index (χ4v) is 0.431. The lowest BCUT2D eigenvalue weighted by Crippen LogP contribution is -2.25. The summed E-state index contributed by atoms with van der Waals surface area (Å²) < 4.78 is 0. The Morgan fingerprint density at radius 1 is 1.78 bits per heavy atom. The Hall–Kier alpha value is -0.640. The molecular formula is C6H11NO2. The van der Waals surface area contributed by atoms with Crippen LogP contribution >= 0.6 is 0 Å². The zero-order valence-electron chi connectivity index (χ0n) is 5.66. The van der Waals surface area contributed by atoms with E-state index in [4.69, 9.17) is 5.21 Å². The summed E-state index contributed by atoms with van der Waals surface area (Å²) in [5.41, 5.74) is 0.662. The second-order valence-corrected chi connectivity index (χ2v) is 2.02. The maximum atomic E-state index is 10.4. The summed E-state index contributed by atoms with van der Waals surface area (Å²) in [7, 11) is 1.12. The summed E-state index contributed by atoms with van der Waals surface area (Å²) in [6.45, 7) is 5.11. The monoisotopic (exact) mass is 129 g/mol. The predicted molar refractivity (Wildman–Crippen MR) is 35.3 cm³/mol. The van der Waals surface area contributed by atoms with Crippen molar-refractivity contribution in [2.45, 2.75) is 6.92 Å². The molecule has 0 saturated carbocycles. The minimum absolute atomic E-state index is 0.662. The van der Waals surface area contributed by atoms with Gasteiger partial charge in [-0.2, -0.15) is 4.81 Å². The zero-order chi connectivity index (χ0) is 7.49. The first-order valence-corrected chi connectivity index (χ1v) is 2.57. The van der Waals surface area contributed by atoms with E-state index in [2.05, 4.69) is 6.58 Å². The molecule has 0 fully saturated rings. The van der Waals surface area contributed by atoms with Crippen molar-refractivity contribution in [1.82, 2.24) is 0 Å². The molecule has 3 nitrogen and oxygen atoms in total. The van der Waals surface area contributed by atoms with Crippen LogP contribution in [0.5, 0.6) is 0 Å². The van der Waals surface area contributed by atoms with Gasteiger partial charge in [-0.25, -0.2) is 5.21 Å². The molecule has 0 amide bonds. The molecule has 0 aromatic carbocycles. The van der Waals surface area contributed by atoms with Crippen LogP contribution in [0.25, 0.3) is 0 Å². The summed E-state index contributed by atoms with van der Waals surface area (Å²) in [4.78, 5) is -1.39. The first kappa shape index (κ1) is 8.36. The largest absolute Gasteiger partial charge is 0.594 e. The molecule has 1 unspecified atom stereocenters. The molecule has 0 aromatic rings. The number of hydrogen-bond acceptors (Lipinski definition) is 2. The van der Waals surface area contributed by atoms with Crippen LogP contribution in [0.4, 0.5) is 0 Å². The van der Waals surface area contributed by atoms with Crippen molar-refractivity contribution < 1.29 is 10.0 Å². The maximum absolute atomic E-state index is 10.4. The van der Waals surface area contributed by atoms with Gasteiger partial charge in [-0.3, -0.25) is 0 Å². The van der Waals surface area contributed by atoms with Gasteiger partial charge in [0.15, 0.2) is 0 Å². The Morgan fingerprint density at radius 3 is 2.33 bits per heavy atom. The van der Waals surface area contributed by atoms with Gasteiger partial charge in [0.1, 0.15) is 13.2 Å². The lowest BCUT2D eigenvalue weighted by Gasteiger charge is -2.23. The predicted octanol–water partition coefficient (Wildman–Crippen LogP) is 1.41. The van der Waals surface area contributed by atoms with Crippen molar-refractivity contribution in [1.29, 1.82) is 0 Å². The van der Waals surface area contributed by atoms with Crippen molar-refractivity contribution in [3.63, 3.8) is 0 Å². The third-order valence-corrected chi connectivity index (χ3v) is 0.765. The number of hydrogen-bond donors (Lipinski definition) is 1. The van der Waals surface area contributed by atoms with Gasteiger partial charge < -0.3 is 5.21 Å². The minimum atomic E-state index is -1.39. The normalized spacial score (nSPS) is 18.9. The van der Waals surface area contributed by atoms with E-state index in [-0.39, 0.29) is 0 Å². The number of allylic oxidation sites excluding steroid dienone is 2. The second-order valence-electron chi connectivity index (χ2n) is 2.02. The first-order chi connectivity index (χ1) is 3.95. The molecule has 52 valence electrons. The summed E-state index contributed by atoms with van der Waals surface area (Å²) in [6, 6.07) is 0. The van der Waals surface area contributed by atoms with Crippen LogP contribution in [0.3, 0.4) is 0 Å². The van der Waals surface area contributed by atoms with E-state index in [1.54, 1.807) is 6.92 Å². The Morgan fingerprint density at radius 2 is 2.22 bits per heavy atom. The fourth-order valence-electron chi connectivity index (χ4n) is 0.431. The number of hydroxylamine groups is 4. The van der Waals surface area contributed by atoms with Crippen LogP contribution in [0.1, 0.15) is 6.92 Å². The average molecular weight is 129 g/mol. The smallest absolute Gasteiger partial charge is 0.131 e. The van der Waals surface area contributed by atoms with Gasteiger partial charge in [-0.15, -0.1) is 0 Å². The molecule has 9 heavy (non-hydrogen) atoms. The topological polar surface area (TPSA) is 43.3 Å². The number of rotatable bonds is 2. The van der Waals surface area contributed by atoms with E-state index in [0.29, 0.717) is 5.57 Å². The molecule has 3 heteroatoms. The molecule has 0 rings (SSSR count). The number of quaternary nitrogens is 1. The summed E-state index contributed by atoms with van der Waals surface area (Å²) in [6.07, 6.45) is 2.65. The SMILES string of the molecule is C=C/C(C)=C/[N+](C)([O-])O. The van der Waals surface area contributed by atoms with E-state index >= 15 is 0 Å². The molecule has 1 atom stereocenters. The van der Waals surface area contributed by atoms with E-state index in [0.717, 1.165) is 13.2 Å². The highest BCUT2D eigenvalue weighted by Gasteiger charge is 1.97. The first-order valence-electron chi connectivity index (χ1n) is 2.57. The molecule has 0 bridgehead atoms. The quantitative estimate of drug-likeness (QED) is 0.348. The van der Waals surface area contributed by atoms with Gasteiger partial charge in [0.2, 0.25) is 0 Å². The Kier molecular flexibility index (Phi) is 2.58. The highest BCUT2D eigenvalue weighted by atomic mass is 16.8. The molecule has 0 aromatic heterocycles. The van der Waals surface area contributed by atoms with E-state index in [9.17, 15) is 5.21 Å². The molecule has 0 radical (unpaired) electrons. The summed E-state index contributed by atoms with van der Waals surface area (Å²) >= 11 is 0. The van der Waals surface area contributed by atoms with Crippen LogP contribution in [0, 0.1) is 5.21 Å². The molecule has 0 aliphatic heterocycles. The zero-order valence-corrected chi connectivity index (χ0v) is 5.66. The highest BCUT2D eigenvalue weighted by Crippen LogP contribution is 2.00. The molecule has 1 N–H and O–H groups in total.